The number of carbonyl (C=O) groups is 1. The van der Waals surface area contributed by atoms with Gasteiger partial charge in [0.25, 0.3) is 5.91 Å². The maximum atomic E-state index is 12.0. The highest BCUT2D eigenvalue weighted by Gasteiger charge is 2.18. The zero-order valence-corrected chi connectivity index (χ0v) is 12.4. The lowest BCUT2D eigenvalue weighted by Gasteiger charge is -2.18. The third-order valence-corrected chi connectivity index (χ3v) is 4.66. The highest BCUT2D eigenvalue weighted by atomic mass is 79.9. The van der Waals surface area contributed by atoms with Crippen LogP contribution in [0.1, 0.15) is 34.2 Å². The van der Waals surface area contributed by atoms with Crippen molar-refractivity contribution in [3.63, 3.8) is 0 Å². The number of hydrogen-bond donors (Lipinski definition) is 1. The highest BCUT2D eigenvalue weighted by molar-refractivity contribution is 9.09. The number of halogens is 1. The molecule has 2 atom stereocenters. The fourth-order valence-electron chi connectivity index (χ4n) is 1.29. The monoisotopic (exact) mass is 304 g/mol. The average Bonchev–Trinajstić information content (AvgIpc) is 2.56. The van der Waals surface area contributed by atoms with E-state index in [1.807, 2.05) is 20.8 Å². The number of aromatic nitrogens is 1. The molecule has 16 heavy (non-hydrogen) atoms. The number of amides is 1. The number of alkyl halides is 1. The minimum absolute atomic E-state index is 0.0107. The second kappa shape index (κ2) is 5.77. The summed E-state index contributed by atoms with van der Waals surface area (Å²) in [5.41, 5.74) is 0.818. The molecule has 1 N–H and O–H groups in total. The van der Waals surface area contributed by atoms with Gasteiger partial charge in [0.05, 0.1) is 10.7 Å². The first-order chi connectivity index (χ1) is 7.45. The van der Waals surface area contributed by atoms with Crippen LogP contribution < -0.4 is 5.32 Å². The molecular formula is C11H17BrN2OS. The molecule has 0 saturated heterocycles. The zero-order chi connectivity index (χ0) is 12.3. The summed E-state index contributed by atoms with van der Waals surface area (Å²) in [6.45, 7) is 7.91. The molecule has 0 bridgehead atoms. The quantitative estimate of drug-likeness (QED) is 0.869. The van der Waals surface area contributed by atoms with Gasteiger partial charge >= 0.3 is 0 Å². The Kier molecular flexibility index (Phi) is 4.92. The lowest BCUT2D eigenvalue weighted by atomic mass is 10.1. The third-order valence-electron chi connectivity index (χ3n) is 2.57. The standard InChI is InChI=1S/C11H17BrN2OS/c1-6(5-12)7(2)14-11(15)10-8(3)13-9(4)16-10/h6-7H,5H2,1-4H3,(H,14,15). The lowest BCUT2D eigenvalue weighted by molar-refractivity contribution is 0.0934. The van der Waals surface area contributed by atoms with Crippen molar-refractivity contribution in [3.05, 3.63) is 15.6 Å². The molecule has 1 heterocycles. The predicted molar refractivity (Wildman–Crippen MR) is 71.5 cm³/mol. The first kappa shape index (κ1) is 13.6. The van der Waals surface area contributed by atoms with Gasteiger partial charge < -0.3 is 5.32 Å². The Morgan fingerprint density at radius 1 is 1.50 bits per heavy atom. The van der Waals surface area contributed by atoms with E-state index < -0.39 is 0 Å². The molecule has 0 radical (unpaired) electrons. The van der Waals surface area contributed by atoms with E-state index in [4.69, 9.17) is 0 Å². The van der Waals surface area contributed by atoms with Crippen molar-refractivity contribution in [1.82, 2.24) is 10.3 Å². The molecule has 1 aromatic rings. The molecule has 0 aliphatic carbocycles. The Hall–Kier alpha value is -0.420. The second-order valence-corrected chi connectivity index (χ2v) is 5.89. The molecule has 5 heteroatoms. The number of rotatable bonds is 4. The first-order valence-electron chi connectivity index (χ1n) is 5.26. The van der Waals surface area contributed by atoms with Crippen molar-refractivity contribution in [2.24, 2.45) is 5.92 Å². The van der Waals surface area contributed by atoms with Crippen LogP contribution in [0.4, 0.5) is 0 Å². The van der Waals surface area contributed by atoms with E-state index in [0.29, 0.717) is 5.92 Å². The van der Waals surface area contributed by atoms with Crippen LogP contribution >= 0.6 is 27.3 Å². The molecule has 3 nitrogen and oxygen atoms in total. The van der Waals surface area contributed by atoms with Crippen molar-refractivity contribution in [2.75, 3.05) is 5.33 Å². The maximum Gasteiger partial charge on any atom is 0.263 e. The van der Waals surface area contributed by atoms with Crippen LogP contribution in [0, 0.1) is 19.8 Å². The smallest absolute Gasteiger partial charge is 0.263 e. The number of nitrogens with one attached hydrogen (secondary N) is 1. The summed E-state index contributed by atoms with van der Waals surface area (Å²) in [4.78, 5) is 16.9. The largest absolute Gasteiger partial charge is 0.349 e. The van der Waals surface area contributed by atoms with Crippen LogP contribution in [0.5, 0.6) is 0 Å². The summed E-state index contributed by atoms with van der Waals surface area (Å²) in [5, 5.41) is 4.82. The maximum absolute atomic E-state index is 12.0. The average molecular weight is 305 g/mol. The van der Waals surface area contributed by atoms with Crippen molar-refractivity contribution in [2.45, 2.75) is 33.7 Å². The van der Waals surface area contributed by atoms with Gasteiger partial charge in [-0.05, 0) is 26.7 Å². The zero-order valence-electron chi connectivity index (χ0n) is 10.0. The molecule has 2 unspecified atom stereocenters. The van der Waals surface area contributed by atoms with Gasteiger partial charge in [0.1, 0.15) is 4.88 Å². The summed E-state index contributed by atoms with van der Waals surface area (Å²) >= 11 is 4.87. The second-order valence-electron chi connectivity index (χ2n) is 4.04. The first-order valence-corrected chi connectivity index (χ1v) is 7.20. The summed E-state index contributed by atoms with van der Waals surface area (Å²) < 4.78 is 0. The van der Waals surface area contributed by atoms with E-state index in [9.17, 15) is 4.79 Å². The minimum atomic E-state index is -0.0107. The molecule has 1 aromatic heterocycles. The van der Waals surface area contributed by atoms with E-state index in [1.54, 1.807) is 0 Å². The molecule has 1 amide bonds. The fraction of sp³-hybridized carbons (Fsp3) is 0.636. The van der Waals surface area contributed by atoms with E-state index in [1.165, 1.54) is 11.3 Å². The SMILES string of the molecule is Cc1nc(C)c(C(=O)NC(C)C(C)CBr)s1. The molecule has 1 rings (SSSR count). The van der Waals surface area contributed by atoms with E-state index in [0.717, 1.165) is 20.9 Å². The molecular weight excluding hydrogens is 288 g/mol. The van der Waals surface area contributed by atoms with Crippen LogP contribution in [0.2, 0.25) is 0 Å². The van der Waals surface area contributed by atoms with Gasteiger partial charge in [-0.25, -0.2) is 4.98 Å². The van der Waals surface area contributed by atoms with Crippen LogP contribution in [0.15, 0.2) is 0 Å². The topological polar surface area (TPSA) is 42.0 Å². The number of carbonyl (C=O) groups excluding carboxylic acids is 1. The van der Waals surface area contributed by atoms with Gasteiger partial charge in [-0.2, -0.15) is 0 Å². The lowest BCUT2D eigenvalue weighted by Crippen LogP contribution is -2.37. The van der Waals surface area contributed by atoms with Crippen molar-refractivity contribution in [1.29, 1.82) is 0 Å². The summed E-state index contributed by atoms with van der Waals surface area (Å²) in [6, 6.07) is 0.161. The fourth-order valence-corrected chi connectivity index (χ4v) is 2.67. The molecule has 0 aromatic carbocycles. The number of thiazole rings is 1. The summed E-state index contributed by atoms with van der Waals surface area (Å²) in [7, 11) is 0. The van der Waals surface area contributed by atoms with Crippen LogP contribution in [-0.2, 0) is 0 Å². The Morgan fingerprint density at radius 2 is 2.12 bits per heavy atom. The summed E-state index contributed by atoms with van der Waals surface area (Å²) in [5.74, 6) is 0.404. The molecule has 0 fully saturated rings. The molecule has 90 valence electrons. The van der Waals surface area contributed by atoms with Crippen LogP contribution in [0.25, 0.3) is 0 Å². The van der Waals surface area contributed by atoms with E-state index in [-0.39, 0.29) is 11.9 Å². The normalized spacial score (nSPS) is 14.6. The number of aryl methyl sites for hydroxylation is 2. The van der Waals surface area contributed by atoms with Gasteiger partial charge in [0, 0.05) is 11.4 Å². The molecule has 0 aliphatic heterocycles. The van der Waals surface area contributed by atoms with Gasteiger partial charge in [-0.1, -0.05) is 22.9 Å². The third kappa shape index (κ3) is 3.28. The highest BCUT2D eigenvalue weighted by Crippen LogP contribution is 2.17. The van der Waals surface area contributed by atoms with Crippen molar-refractivity contribution in [3.8, 4) is 0 Å². The van der Waals surface area contributed by atoms with Gasteiger partial charge in [0.15, 0.2) is 0 Å². The van der Waals surface area contributed by atoms with Gasteiger partial charge in [-0.3, -0.25) is 4.79 Å². The minimum Gasteiger partial charge on any atom is -0.349 e. The Morgan fingerprint density at radius 3 is 2.56 bits per heavy atom. The molecule has 0 saturated carbocycles. The number of hydrogen-bond acceptors (Lipinski definition) is 3. The van der Waals surface area contributed by atoms with Gasteiger partial charge in [0.2, 0.25) is 0 Å². The summed E-state index contributed by atoms with van der Waals surface area (Å²) in [6.07, 6.45) is 0. The number of nitrogens with zero attached hydrogens (tertiary/aromatic N) is 1. The van der Waals surface area contributed by atoms with Crippen molar-refractivity contribution >= 4 is 33.2 Å². The van der Waals surface area contributed by atoms with Crippen molar-refractivity contribution < 1.29 is 4.79 Å². The molecule has 0 spiro atoms. The van der Waals surface area contributed by atoms with E-state index in [2.05, 4.69) is 33.2 Å². The van der Waals surface area contributed by atoms with Crippen LogP contribution in [0.3, 0.4) is 0 Å². The van der Waals surface area contributed by atoms with Gasteiger partial charge in [-0.15, -0.1) is 11.3 Å². The Balaban J connectivity index is 2.69. The van der Waals surface area contributed by atoms with Crippen LogP contribution in [-0.4, -0.2) is 22.3 Å². The Labute approximate surface area is 109 Å². The van der Waals surface area contributed by atoms with E-state index >= 15 is 0 Å². The Bertz CT molecular complexity index is 378. The molecule has 0 aliphatic rings. The predicted octanol–water partition coefficient (Wildman–Crippen LogP) is 2.91.